The molecule has 24 rings (SSSR count). The number of hydrogen-bond acceptors (Lipinski definition) is 38. The minimum atomic E-state index is -1.75. The van der Waals surface area contributed by atoms with Gasteiger partial charge in [0.25, 0.3) is 0 Å². The van der Waals surface area contributed by atoms with Crippen molar-refractivity contribution < 1.29 is 107 Å². The maximum Gasteiger partial charge on any atom is 0.340 e. The van der Waals surface area contributed by atoms with Gasteiger partial charge in [-0.25, -0.2) is 19.2 Å². The third kappa shape index (κ3) is 11.9. The van der Waals surface area contributed by atoms with E-state index in [1.54, 1.807) is 97.1 Å². The van der Waals surface area contributed by atoms with Gasteiger partial charge in [-0.05, 0) is 169 Å². The van der Waals surface area contributed by atoms with Crippen molar-refractivity contribution in [3.05, 3.63) is 313 Å². The Labute approximate surface area is 761 Å². The molecule has 2 atom stereocenters. The number of nitrogens with one attached hydrogen (secondary N) is 4. The third-order valence-electron chi connectivity index (χ3n) is 24.4. The number of carbonyl (C=O) groups excluding carboxylic acids is 4. The molecule has 2 unspecified atom stereocenters. The Balaban J connectivity index is 0.671. The number of alkyl halides is 1. The molecule has 660 valence electrons. The Morgan fingerprint density at radius 2 is 0.612 bits per heavy atom. The molecule has 40 heteroatoms. The number of aromatic nitrogens is 9. The first kappa shape index (κ1) is 79.3. The van der Waals surface area contributed by atoms with Crippen LogP contribution in [0, 0.1) is 0 Å². The number of benzene rings is 12. The first-order chi connectivity index (χ1) is 64.8. The number of ether oxygens (including phenoxy) is 10. The van der Waals surface area contributed by atoms with Gasteiger partial charge in [0.05, 0.1) is 36.5 Å². The minimum Gasteiger partial charge on any atom is -0.508 e. The normalized spacial score (nSPS) is 16.9. The minimum absolute atomic E-state index is 0.00837. The van der Waals surface area contributed by atoms with Gasteiger partial charge in [-0.3, -0.25) is 14.7 Å². The van der Waals surface area contributed by atoms with Gasteiger partial charge in [0.1, 0.15) is 98.7 Å². The molecule has 4 spiro atoms. The number of phenols is 8. The number of esters is 4. The van der Waals surface area contributed by atoms with Crippen molar-refractivity contribution >= 4 is 106 Å². The second kappa shape index (κ2) is 28.7. The van der Waals surface area contributed by atoms with E-state index in [0.717, 1.165) is 0 Å². The van der Waals surface area contributed by atoms with Crippen LogP contribution in [0.2, 0.25) is 5.28 Å². The van der Waals surface area contributed by atoms with Crippen molar-refractivity contribution in [1.29, 1.82) is 0 Å². The number of halogens is 2. The maximum absolute atomic E-state index is 15.2. The largest absolute Gasteiger partial charge is 0.508 e. The van der Waals surface area contributed by atoms with E-state index in [1.807, 2.05) is 0 Å². The smallest absolute Gasteiger partial charge is 0.340 e. The number of phenolic OH excluding ortho intramolecular Hbond substituents is 8. The summed E-state index contributed by atoms with van der Waals surface area (Å²) in [5, 5.41) is 99.2. The zero-order valence-corrected chi connectivity index (χ0v) is 70.1. The first-order valence-electron chi connectivity index (χ1n) is 40.8. The SMILES string of the molecule is COc1nc(Nc2ccc3c(c2)C(=O)OC32c3ccc(O)cc3Oc3cc(O)ccc32)nc(N2CN(c3nc(Cl)nc(Nc4ccc5c(c4)C4(OC5=O)c5ccc(O)cc5Oc5cc(O)ccc54)n3)C(Nc3ccc4c(c3)C(=O)OC43c4ccc(O)cc4Oc4cc(O)ccc43)N(c3nc(Nc4ccc5c(c4)C4(OC5=O)c5ccc(O)cc5Oc5cc(O)ccc54)nc(OC)n3)C2Cl)n1. The summed E-state index contributed by atoms with van der Waals surface area (Å²) in [7, 11) is 2.59. The van der Waals surface area contributed by atoms with Gasteiger partial charge in [0.15, 0.2) is 34.3 Å². The Kier molecular flexibility index (Phi) is 17.0. The molecular formula is C94H58Cl2N16O22. The van der Waals surface area contributed by atoms with Crippen LogP contribution in [0.15, 0.2) is 218 Å². The Hall–Kier alpha value is -18.1. The van der Waals surface area contributed by atoms with Gasteiger partial charge in [0, 0.05) is 138 Å². The molecule has 12 aromatic carbocycles. The molecule has 0 aliphatic carbocycles. The molecule has 15 aromatic rings. The first-order valence-corrected chi connectivity index (χ1v) is 41.6. The molecule has 1 fully saturated rings. The molecule has 134 heavy (non-hydrogen) atoms. The fourth-order valence-electron chi connectivity index (χ4n) is 18.8. The second-order valence-electron chi connectivity index (χ2n) is 32.0. The number of rotatable bonds is 13. The van der Waals surface area contributed by atoms with Crippen LogP contribution in [0.4, 0.5) is 58.4 Å². The quantitative estimate of drug-likeness (QED) is 0.0221. The number of fused-ring (bicyclic) bond motifs is 24. The fourth-order valence-corrected chi connectivity index (χ4v) is 19.3. The van der Waals surface area contributed by atoms with Crippen molar-refractivity contribution in [2.75, 3.05) is 56.9 Å². The number of anilines is 10. The average molecular weight is 1830 g/mol. The van der Waals surface area contributed by atoms with Crippen LogP contribution in [-0.2, 0) is 41.4 Å². The molecular weight excluding hydrogens is 1780 g/mol. The lowest BCUT2D eigenvalue weighted by atomic mass is 9.77. The molecule has 12 heterocycles. The predicted octanol–water partition coefficient (Wildman–Crippen LogP) is 14.8. The van der Waals surface area contributed by atoms with Crippen molar-refractivity contribution in [1.82, 2.24) is 44.9 Å². The topological polar surface area (TPSA) is 496 Å². The van der Waals surface area contributed by atoms with Crippen molar-refractivity contribution in [2.24, 2.45) is 0 Å². The van der Waals surface area contributed by atoms with E-state index in [2.05, 4.69) is 31.2 Å². The summed E-state index contributed by atoms with van der Waals surface area (Å²) in [6.45, 7) is -0.526. The molecule has 1 saturated heterocycles. The summed E-state index contributed by atoms with van der Waals surface area (Å²) < 4.78 is 62.7. The van der Waals surface area contributed by atoms with Gasteiger partial charge in [-0.15, -0.1) is 0 Å². The summed E-state index contributed by atoms with van der Waals surface area (Å²) in [6, 6.07) is 53.1. The molecule has 38 nitrogen and oxygen atoms in total. The van der Waals surface area contributed by atoms with Crippen LogP contribution in [0.3, 0.4) is 0 Å². The van der Waals surface area contributed by atoms with Crippen LogP contribution in [0.1, 0.15) is 108 Å². The monoisotopic (exact) mass is 1830 g/mol. The molecule has 12 N–H and O–H groups in total. The predicted molar refractivity (Wildman–Crippen MR) is 469 cm³/mol. The summed E-state index contributed by atoms with van der Waals surface area (Å²) >= 11 is 15.5. The Morgan fingerprint density at radius 3 is 0.978 bits per heavy atom. The maximum atomic E-state index is 15.2. The van der Waals surface area contributed by atoms with Crippen molar-refractivity contribution in [3.8, 4) is 104 Å². The number of aromatic hydroxyl groups is 8. The zero-order chi connectivity index (χ0) is 91.6. The lowest BCUT2D eigenvalue weighted by Gasteiger charge is -2.51. The number of methoxy groups -OCH3 is 2. The van der Waals surface area contributed by atoms with Crippen LogP contribution in [-0.4, -0.2) is 142 Å². The average Bonchev–Trinajstić information content (AvgIpc) is 1.54. The molecule has 0 saturated carbocycles. The molecule has 0 radical (unpaired) electrons. The summed E-state index contributed by atoms with van der Waals surface area (Å²) in [5.41, 5.74) is -3.46. The van der Waals surface area contributed by atoms with E-state index < -0.39 is 70.1 Å². The second-order valence-corrected chi connectivity index (χ2v) is 32.7. The number of hydrogen-bond donors (Lipinski definition) is 12. The number of carbonyl (C=O) groups is 4. The van der Waals surface area contributed by atoms with Crippen LogP contribution in [0.25, 0.3) is 0 Å². The van der Waals surface area contributed by atoms with Gasteiger partial charge in [-0.2, -0.15) is 44.9 Å². The van der Waals surface area contributed by atoms with Crippen molar-refractivity contribution in [3.63, 3.8) is 0 Å². The van der Waals surface area contributed by atoms with E-state index in [-0.39, 0.29) is 190 Å². The number of nitrogens with zero attached hydrogens (tertiary/aromatic N) is 12. The molecule has 9 aliphatic heterocycles. The lowest BCUT2D eigenvalue weighted by Crippen LogP contribution is -2.69. The summed E-state index contributed by atoms with van der Waals surface area (Å²) in [5.74, 6) is -4.96. The van der Waals surface area contributed by atoms with E-state index in [9.17, 15) is 55.2 Å². The van der Waals surface area contributed by atoms with Crippen LogP contribution < -0.4 is 64.4 Å². The van der Waals surface area contributed by atoms with Gasteiger partial charge in [0.2, 0.25) is 41.0 Å². The van der Waals surface area contributed by atoms with Gasteiger partial charge < -0.3 is 109 Å². The molecule has 0 amide bonds. The Bertz CT molecular complexity index is 7590. The van der Waals surface area contributed by atoms with E-state index in [1.165, 1.54) is 150 Å². The standard InChI is InChI=1S/C94H58Cl2N16O22/c1-125-88-106-83(97-40-5-17-56-54(27-40)78(123)133-91(56)58-19-7-44(113)31-68(58)127-69-32-45(114)8-20-59(69)91)104-86(108-88)110-39-111(85-102-80(95)101-82(103-85)98-42-3-15-52-66(29-42)93(131-76(52)121)62-23-11-48(117)35-72(62)129-73-36-49(118)12-24-63(73)93)90(100-41-6-18-57-55(28-41)79(124)134-92(57)60-21-9-46(115)33-70(60)128-71-34-47(116)10-22-61(71)92)112(81(110)96)87-105-84(107-89(109-87)126-2)99-43-4-16-53-67(30-43)94(132-77(53)122)64-25-13-50(119)37-74(64)130-75-38-51(120)14-26-65(75)94/h3-38,81,90,100,113-120H,39H2,1-2H3,(H,97,104,106,108)(H,98,101,102,103)(H,99,105,107,109). The highest BCUT2D eigenvalue weighted by Gasteiger charge is 2.59. The highest BCUT2D eigenvalue weighted by Crippen LogP contribution is 2.63. The zero-order valence-electron chi connectivity index (χ0n) is 68.6. The van der Waals surface area contributed by atoms with Crippen LogP contribution in [0.5, 0.6) is 104 Å². The fraction of sp³-hybridized carbons (Fsp3) is 0.0957. The highest BCUT2D eigenvalue weighted by atomic mass is 35.5. The summed E-state index contributed by atoms with van der Waals surface area (Å²) in [6.07, 6.45) is -1.60. The Morgan fingerprint density at radius 1 is 0.321 bits per heavy atom. The molecule has 3 aromatic heterocycles. The van der Waals surface area contributed by atoms with E-state index in [4.69, 9.17) is 105 Å². The van der Waals surface area contributed by atoms with Crippen LogP contribution >= 0.6 is 23.2 Å². The lowest BCUT2D eigenvalue weighted by molar-refractivity contribution is 0.0214. The highest BCUT2D eigenvalue weighted by molar-refractivity contribution is 6.28. The third-order valence-corrected chi connectivity index (χ3v) is 25.0. The summed E-state index contributed by atoms with van der Waals surface area (Å²) in [4.78, 5) is 106. The molecule has 9 aliphatic rings. The van der Waals surface area contributed by atoms with Crippen molar-refractivity contribution in [2.45, 2.75) is 34.3 Å². The van der Waals surface area contributed by atoms with Gasteiger partial charge in [-0.1, -0.05) is 23.7 Å². The van der Waals surface area contributed by atoms with E-state index >= 15 is 4.79 Å². The van der Waals surface area contributed by atoms with E-state index in [0.29, 0.717) is 61.2 Å². The van der Waals surface area contributed by atoms with Gasteiger partial charge >= 0.3 is 35.9 Å². The molecule has 0 bridgehead atoms.